The molecule has 2 saturated heterocycles. The van der Waals surface area contributed by atoms with Crippen LogP contribution in [0.4, 0.5) is 5.69 Å². The van der Waals surface area contributed by atoms with Crippen LogP contribution >= 0.6 is 0 Å². The molecular weight excluding hydrogens is 985 g/mol. The molecule has 3 fully saturated rings. The summed E-state index contributed by atoms with van der Waals surface area (Å²) in [6, 6.07) is 6.31. The number of methoxy groups -OCH3 is 3. The number of aliphatic hydroxyl groups excluding tert-OH is 1. The minimum absolute atomic E-state index is 0.00956. The molecule has 2 bridgehead atoms. The van der Waals surface area contributed by atoms with E-state index in [0.29, 0.717) is 69.2 Å². The second kappa shape index (κ2) is 30.5. The summed E-state index contributed by atoms with van der Waals surface area (Å²) >= 11 is 0. The average Bonchev–Trinajstić information content (AvgIpc) is 3.42. The largest absolute Gasteiger partial charge is 0.460 e. The quantitative estimate of drug-likeness (QED) is 0.0378. The summed E-state index contributed by atoms with van der Waals surface area (Å²) in [6.07, 6.45) is 13.7. The first-order chi connectivity index (χ1) is 36.7. The molecule has 0 spiro atoms. The molecule has 1 aromatic carbocycles. The summed E-state index contributed by atoms with van der Waals surface area (Å²) in [5, 5.41) is 27.2. The standard InChI is InChI=1S/C60H88N4O13/c1-37-17-12-11-13-18-38(2)51(72-8)35-47-27-21-43(7)60(71,77-47)57(68)58(69)64-29-15-14-20-48(64)59(70)76-52(36-49(65)39(3)32-42(6)55(67)56(74-10)54(66)41(5)31-37)40(4)33-45-24-28-50(53(34-45)73-9)75-30-16-19-44-22-25-46(26-23-44)62-63-61/h11-13,17-18,22-23,25-26,32,37,39-41,43,45,47-48,50-53,55-56,67,71H,14-16,19-21,24,27-31,33-36H2,1-10H3/b13-11+,17-12+,38-18+,42-32+/t37-,39-,40-,41-,43-,45+,47+,48+,50-,51+,52+,53-,55-,56+,60-/m1/s1. The molecule has 3 aliphatic heterocycles. The van der Waals surface area contributed by atoms with Crippen molar-refractivity contribution in [2.24, 2.45) is 40.6 Å². The molecule has 3 heterocycles. The highest BCUT2D eigenvalue weighted by Crippen LogP contribution is 2.38. The fraction of sp³-hybridized carbons (Fsp3) is 0.683. The Balaban J connectivity index is 1.39. The van der Waals surface area contributed by atoms with Gasteiger partial charge in [0.2, 0.25) is 5.79 Å². The number of hydrogen-bond donors (Lipinski definition) is 2. The molecule has 1 aromatic rings. The number of carbonyl (C=O) groups is 5. The van der Waals surface area contributed by atoms with E-state index in [1.165, 1.54) is 12.0 Å². The van der Waals surface area contributed by atoms with Gasteiger partial charge in [0.25, 0.3) is 11.7 Å². The molecular formula is C60H88N4O13. The monoisotopic (exact) mass is 1070 g/mol. The van der Waals surface area contributed by atoms with E-state index < -0.39 is 77.8 Å². The van der Waals surface area contributed by atoms with Gasteiger partial charge in [-0.1, -0.05) is 100 Å². The molecule has 0 aromatic heterocycles. The number of amides is 1. The highest BCUT2D eigenvalue weighted by Gasteiger charge is 2.53. The van der Waals surface area contributed by atoms with Gasteiger partial charge in [0.1, 0.15) is 30.1 Å². The Morgan fingerprint density at radius 2 is 1.61 bits per heavy atom. The fourth-order valence-electron chi connectivity index (χ4n) is 11.6. The number of azide groups is 1. The zero-order valence-corrected chi connectivity index (χ0v) is 47.3. The van der Waals surface area contributed by atoms with Gasteiger partial charge in [-0.25, -0.2) is 4.79 Å². The number of ether oxygens (including phenoxy) is 6. The Labute approximate surface area is 456 Å². The molecule has 17 nitrogen and oxygen atoms in total. The Kier molecular flexibility index (Phi) is 25.0. The molecule has 1 aliphatic carbocycles. The minimum atomic E-state index is -2.44. The van der Waals surface area contributed by atoms with Crippen molar-refractivity contribution in [2.75, 3.05) is 34.5 Å². The van der Waals surface area contributed by atoms with Crippen LogP contribution in [0, 0.1) is 35.5 Å². The number of Topliss-reactive ketones (excluding diaryl/α,β-unsaturated/α-hetero) is 3. The minimum Gasteiger partial charge on any atom is -0.460 e. The molecule has 77 heavy (non-hydrogen) atoms. The number of aliphatic hydroxyl groups is 2. The lowest BCUT2D eigenvalue weighted by Gasteiger charge is -2.42. The molecule has 2 N–H and O–H groups in total. The summed E-state index contributed by atoms with van der Waals surface area (Å²) in [5.74, 6) is -8.00. The van der Waals surface area contributed by atoms with Gasteiger partial charge in [-0.2, -0.15) is 0 Å². The first-order valence-corrected chi connectivity index (χ1v) is 28.0. The third-order valence-corrected chi connectivity index (χ3v) is 16.5. The maximum atomic E-state index is 14.6. The predicted molar refractivity (Wildman–Crippen MR) is 292 cm³/mol. The average molecular weight is 1070 g/mol. The maximum Gasteiger partial charge on any atom is 0.329 e. The number of allylic oxidation sites excluding steroid dienone is 6. The van der Waals surface area contributed by atoms with E-state index in [1.54, 1.807) is 53.2 Å². The second-order valence-electron chi connectivity index (χ2n) is 22.4. The number of rotatable bonds is 12. The van der Waals surface area contributed by atoms with Crippen molar-refractivity contribution in [3.63, 3.8) is 0 Å². The molecule has 4 aliphatic rings. The highest BCUT2D eigenvalue weighted by atomic mass is 16.6. The van der Waals surface area contributed by atoms with Crippen molar-refractivity contribution >= 4 is 34.9 Å². The topological polar surface area (TPSA) is 233 Å². The van der Waals surface area contributed by atoms with Crippen molar-refractivity contribution in [2.45, 2.75) is 193 Å². The number of nitrogens with zero attached hydrogens (tertiary/aromatic N) is 4. The summed E-state index contributed by atoms with van der Waals surface area (Å²) in [7, 11) is 4.64. The zero-order chi connectivity index (χ0) is 56.4. The first-order valence-electron chi connectivity index (χ1n) is 28.0. The van der Waals surface area contributed by atoms with E-state index in [1.807, 2.05) is 70.2 Å². The second-order valence-corrected chi connectivity index (χ2v) is 22.4. The van der Waals surface area contributed by atoms with Crippen LogP contribution in [0.1, 0.15) is 138 Å². The van der Waals surface area contributed by atoms with Gasteiger partial charge >= 0.3 is 5.97 Å². The van der Waals surface area contributed by atoms with Gasteiger partial charge in [0.15, 0.2) is 5.78 Å². The number of benzene rings is 1. The third kappa shape index (κ3) is 17.6. The van der Waals surface area contributed by atoms with Gasteiger partial charge in [-0.05, 0) is 131 Å². The van der Waals surface area contributed by atoms with Gasteiger partial charge in [0.05, 0.1) is 24.4 Å². The number of carbonyl (C=O) groups excluding carboxylic acids is 5. The SMILES string of the molecule is CO[C@H]1C[C@@H]2CC[C@@H](C)[C@@](O)(O2)C(=O)C(=O)N2CCCC[C@H]2C(=O)O[C@H]([C@H](C)C[C@@H]2CC[C@@H](OCCCc3ccc(N=[N+]=[N-])cc3)[C@H](OC)C2)CC(=O)[C@H](C)/C=C(\C)[C@@H](O)[C@@H](OC)C(=O)[C@H](C)C[C@H](C)/C=C/C=C/C=C/1C. The summed E-state index contributed by atoms with van der Waals surface area (Å²) in [4.78, 5) is 75.6. The van der Waals surface area contributed by atoms with Crippen molar-refractivity contribution < 1.29 is 62.6 Å². The Morgan fingerprint density at radius 1 is 0.870 bits per heavy atom. The van der Waals surface area contributed by atoms with E-state index in [9.17, 15) is 34.2 Å². The van der Waals surface area contributed by atoms with Crippen molar-refractivity contribution in [3.8, 4) is 0 Å². The Hall–Kier alpha value is -4.84. The van der Waals surface area contributed by atoms with E-state index in [2.05, 4.69) is 10.0 Å². The number of piperidine rings is 1. The van der Waals surface area contributed by atoms with Gasteiger partial charge < -0.3 is 43.5 Å². The number of ketones is 3. The van der Waals surface area contributed by atoms with Crippen LogP contribution in [0.25, 0.3) is 10.4 Å². The van der Waals surface area contributed by atoms with E-state index >= 15 is 0 Å². The lowest BCUT2D eigenvalue weighted by atomic mass is 9.78. The lowest BCUT2D eigenvalue weighted by molar-refractivity contribution is -0.265. The van der Waals surface area contributed by atoms with E-state index in [-0.39, 0.29) is 60.9 Å². The molecule has 0 radical (unpaired) electrons. The van der Waals surface area contributed by atoms with Crippen LogP contribution in [0.3, 0.4) is 0 Å². The molecule has 426 valence electrons. The molecule has 0 unspecified atom stereocenters. The number of aryl methyl sites for hydroxylation is 1. The van der Waals surface area contributed by atoms with Gasteiger partial charge in [-0.3, -0.25) is 19.2 Å². The first kappa shape index (κ1) is 63.0. The van der Waals surface area contributed by atoms with E-state index in [4.69, 9.17) is 34.0 Å². The Morgan fingerprint density at radius 3 is 2.30 bits per heavy atom. The number of esters is 1. The molecule has 5 rings (SSSR count). The Bertz CT molecular complexity index is 2310. The maximum absolute atomic E-state index is 14.6. The number of hydrogen-bond acceptors (Lipinski definition) is 14. The number of cyclic esters (lactones) is 1. The third-order valence-electron chi connectivity index (χ3n) is 16.5. The smallest absolute Gasteiger partial charge is 0.329 e. The van der Waals surface area contributed by atoms with Gasteiger partial charge in [-0.15, -0.1) is 0 Å². The lowest BCUT2D eigenvalue weighted by Crippen LogP contribution is -2.61. The zero-order valence-electron chi connectivity index (χ0n) is 47.3. The summed E-state index contributed by atoms with van der Waals surface area (Å²) < 4.78 is 36.4. The fourth-order valence-corrected chi connectivity index (χ4v) is 11.6. The van der Waals surface area contributed by atoms with Crippen LogP contribution in [0.15, 0.2) is 77.0 Å². The van der Waals surface area contributed by atoms with Crippen LogP contribution < -0.4 is 0 Å². The van der Waals surface area contributed by atoms with Gasteiger partial charge in [0, 0.05) is 75.7 Å². The normalized spacial score (nSPS) is 35.8. The number of fused-ring (bicyclic) bond motifs is 3. The molecule has 1 amide bonds. The molecule has 17 heteroatoms. The summed E-state index contributed by atoms with van der Waals surface area (Å²) in [6.45, 7) is 13.3. The molecule has 1 saturated carbocycles. The molecule has 15 atom stereocenters. The van der Waals surface area contributed by atoms with Crippen LogP contribution in [-0.4, -0.2) is 133 Å². The summed E-state index contributed by atoms with van der Waals surface area (Å²) in [5.41, 5.74) is 11.6. The van der Waals surface area contributed by atoms with Crippen molar-refractivity contribution in [1.82, 2.24) is 4.90 Å². The highest BCUT2D eigenvalue weighted by molar-refractivity contribution is 6.39. The van der Waals surface area contributed by atoms with Crippen LogP contribution in [0.5, 0.6) is 0 Å². The predicted octanol–water partition coefficient (Wildman–Crippen LogP) is 9.78. The van der Waals surface area contributed by atoms with Crippen LogP contribution in [-0.2, 0) is 58.8 Å². The van der Waals surface area contributed by atoms with Crippen LogP contribution in [0.2, 0.25) is 0 Å². The van der Waals surface area contributed by atoms with Crippen molar-refractivity contribution in [3.05, 3.63) is 87.9 Å². The van der Waals surface area contributed by atoms with Crippen molar-refractivity contribution in [1.29, 1.82) is 0 Å². The van der Waals surface area contributed by atoms with E-state index in [0.717, 1.165) is 36.8 Å².